The molecule has 10 aromatic carbocycles. The van der Waals surface area contributed by atoms with Crippen LogP contribution in [-0.2, 0) is 26.5 Å². The molecule has 0 radical (unpaired) electrons. The van der Waals surface area contributed by atoms with Crippen LogP contribution in [0.1, 0.15) is 26.3 Å². The second-order valence-corrected chi connectivity index (χ2v) is 20.3. The molecule has 0 unspecified atom stereocenters. The minimum Gasteiger partial charge on any atom is -0.313 e. The van der Waals surface area contributed by atoms with Crippen LogP contribution in [0.3, 0.4) is 0 Å². The fraction of sp³-hybridized carbons (Fsp3) is 0.0571. The van der Waals surface area contributed by atoms with Crippen LogP contribution < -0.4 is 4.57 Å². The van der Waals surface area contributed by atoms with Gasteiger partial charge in [0.2, 0.25) is 0 Å². The molecule has 0 fully saturated rings. The van der Waals surface area contributed by atoms with Crippen molar-refractivity contribution in [1.29, 1.82) is 0 Å². The molecule has 3 aromatic heterocycles. The molecular weight excluding hydrogens is 1090 g/mol. The first kappa shape index (κ1) is 46.1. The number of pyridine rings is 1. The summed E-state index contributed by atoms with van der Waals surface area (Å²) in [5.74, 6) is 0.879. The second-order valence-electron chi connectivity index (χ2n) is 20.3. The zero-order valence-electron chi connectivity index (χ0n) is 41.6. The number of aromatic nitrogens is 4. The number of hydrogen-bond donors (Lipinski definition) is 0. The molecule has 5 heteroatoms. The van der Waals surface area contributed by atoms with Crippen LogP contribution in [0.4, 0.5) is 0 Å². The van der Waals surface area contributed by atoms with Gasteiger partial charge in [0.1, 0.15) is 5.82 Å². The average molecular weight is 1140 g/mol. The van der Waals surface area contributed by atoms with Crippen molar-refractivity contribution < 1.29 is 25.6 Å². The van der Waals surface area contributed by atoms with E-state index in [2.05, 4.69) is 283 Å². The molecule has 14 rings (SSSR count). The number of hydrogen-bond acceptors (Lipinski definition) is 1. The Hall–Kier alpha value is -8.69. The Morgan fingerprint density at radius 2 is 1.01 bits per heavy atom. The van der Waals surface area contributed by atoms with Crippen molar-refractivity contribution in [3.05, 3.63) is 261 Å². The molecule has 1 aliphatic rings. The van der Waals surface area contributed by atoms with Gasteiger partial charge in [0.25, 0.3) is 6.33 Å². The fourth-order valence-electron chi connectivity index (χ4n) is 11.4. The Balaban J connectivity index is 0.00000541. The van der Waals surface area contributed by atoms with E-state index in [1.807, 2.05) is 6.20 Å². The van der Waals surface area contributed by atoms with Gasteiger partial charge in [-0.2, -0.15) is 0 Å². The number of para-hydroxylation sites is 4. The van der Waals surface area contributed by atoms with Crippen LogP contribution in [0, 0.1) is 18.5 Å². The first-order chi connectivity index (χ1) is 36.4. The van der Waals surface area contributed by atoms with Crippen molar-refractivity contribution in [3.8, 4) is 95.1 Å². The van der Waals surface area contributed by atoms with E-state index in [1.54, 1.807) is 0 Å². The van der Waals surface area contributed by atoms with E-state index in [1.165, 1.54) is 27.6 Å². The number of rotatable bonds is 6. The van der Waals surface area contributed by atoms with Gasteiger partial charge in [0, 0.05) is 32.8 Å². The molecule has 0 bridgehead atoms. The van der Waals surface area contributed by atoms with Crippen LogP contribution in [0.5, 0.6) is 0 Å². The maximum absolute atomic E-state index is 5.02. The largest absolute Gasteiger partial charge is 0.313 e. The van der Waals surface area contributed by atoms with E-state index in [4.69, 9.17) is 4.98 Å². The molecule has 0 saturated heterocycles. The molecule has 13 aromatic rings. The van der Waals surface area contributed by atoms with Gasteiger partial charge in [-0.3, -0.25) is 4.57 Å². The zero-order chi connectivity index (χ0) is 49.5. The van der Waals surface area contributed by atoms with Gasteiger partial charge >= 0.3 is 0 Å². The summed E-state index contributed by atoms with van der Waals surface area (Å²) in [6, 6.07) is 91.3. The Bertz CT molecular complexity index is 4290. The van der Waals surface area contributed by atoms with Gasteiger partial charge < -0.3 is 9.13 Å². The van der Waals surface area contributed by atoms with Gasteiger partial charge in [-0.1, -0.05) is 219 Å². The van der Waals surface area contributed by atoms with E-state index >= 15 is 0 Å². The Morgan fingerprint density at radius 1 is 0.453 bits per heavy atom. The predicted molar refractivity (Wildman–Crippen MR) is 304 cm³/mol. The molecule has 75 heavy (non-hydrogen) atoms. The summed E-state index contributed by atoms with van der Waals surface area (Å²) in [7, 11) is 0. The van der Waals surface area contributed by atoms with Crippen LogP contribution >= 0.6 is 0 Å². The Morgan fingerprint density at radius 3 is 1.69 bits per heavy atom. The van der Waals surface area contributed by atoms with Crippen molar-refractivity contribution in [2.24, 2.45) is 0 Å². The summed E-state index contributed by atoms with van der Waals surface area (Å²) in [5.41, 5.74) is 22.9. The van der Waals surface area contributed by atoms with Crippen molar-refractivity contribution in [2.75, 3.05) is 0 Å². The second kappa shape index (κ2) is 18.4. The number of fused-ring (bicyclic) bond motifs is 12. The molecular formula is C70H48N4Pt-2. The summed E-state index contributed by atoms with van der Waals surface area (Å²) < 4.78 is 6.74. The van der Waals surface area contributed by atoms with E-state index in [9.17, 15) is 0 Å². The van der Waals surface area contributed by atoms with Crippen LogP contribution in [0.2, 0.25) is 0 Å². The molecule has 0 amide bonds. The number of nitrogens with zero attached hydrogens (tertiary/aromatic N) is 4. The molecule has 0 N–H and O–H groups in total. The van der Waals surface area contributed by atoms with E-state index < -0.39 is 0 Å². The zero-order valence-corrected chi connectivity index (χ0v) is 43.9. The third-order valence-electron chi connectivity index (χ3n) is 14.9. The van der Waals surface area contributed by atoms with Crippen molar-refractivity contribution in [1.82, 2.24) is 14.1 Å². The normalized spacial score (nSPS) is 11.8. The third kappa shape index (κ3) is 7.62. The molecule has 360 valence electrons. The molecule has 4 nitrogen and oxygen atoms in total. The van der Waals surface area contributed by atoms with Crippen molar-refractivity contribution in [2.45, 2.75) is 26.2 Å². The first-order valence-electron chi connectivity index (χ1n) is 25.4. The molecule has 0 aliphatic heterocycles. The Kier molecular flexibility index (Phi) is 11.3. The number of benzene rings is 10. The molecule has 0 saturated carbocycles. The van der Waals surface area contributed by atoms with E-state index in [-0.39, 0.29) is 26.5 Å². The molecule has 3 heterocycles. The van der Waals surface area contributed by atoms with Gasteiger partial charge in [0.15, 0.2) is 0 Å². The monoisotopic (exact) mass is 1140 g/mol. The van der Waals surface area contributed by atoms with E-state index in [0.29, 0.717) is 0 Å². The molecule has 1 aliphatic carbocycles. The minimum atomic E-state index is -0.0496. The summed E-state index contributed by atoms with van der Waals surface area (Å²) in [6.45, 7) is 6.76. The van der Waals surface area contributed by atoms with E-state index in [0.717, 1.165) is 106 Å². The SMILES string of the molecule is CC(C)(C)c1ccnc(-n2c3[c-]c(-c4cccc5c4-c4[c-]c(-n6[c-][n+](-c7c(-c8ccccc8)cccc7-c7ccccc7)c7ccccc76)ccc4-c4ccccc4-c4ccccc4-5)ccc3c3ccccc32)c1.[Pt]. The van der Waals surface area contributed by atoms with Crippen LogP contribution in [-0.4, -0.2) is 14.1 Å². The average Bonchev–Trinajstić information content (AvgIpc) is 4.01. The summed E-state index contributed by atoms with van der Waals surface area (Å²) in [5, 5.41) is 2.30. The standard InChI is InChI=1S/C70H48N4.Pt/c1-70(2,3)49-40-41-71-67(43-49)74-63-33-15-14-28-59(63)60-38-36-48(42-66(60)74)51-29-18-32-61-57-27-13-12-25-55(57)54-24-10-11-26-56(54)58-39-37-50(44-62(58)68(51)61)72-45-73(65-35-17-16-34-64(65)72)69-52(46-20-6-4-7-21-46)30-19-31-53(69)47-22-8-5-9-23-47;/h4-41,43H,1-3H3;/q-2;. The topological polar surface area (TPSA) is 26.6 Å². The van der Waals surface area contributed by atoms with Crippen molar-refractivity contribution >= 4 is 32.8 Å². The van der Waals surface area contributed by atoms with Gasteiger partial charge in [-0.25, -0.2) is 4.98 Å². The van der Waals surface area contributed by atoms with Gasteiger partial charge in [-0.05, 0) is 84.7 Å². The third-order valence-corrected chi connectivity index (χ3v) is 14.9. The predicted octanol–water partition coefficient (Wildman–Crippen LogP) is 17.1. The summed E-state index contributed by atoms with van der Waals surface area (Å²) >= 11 is 0. The van der Waals surface area contributed by atoms with Crippen molar-refractivity contribution in [3.63, 3.8) is 0 Å². The first-order valence-corrected chi connectivity index (χ1v) is 25.4. The summed E-state index contributed by atoms with van der Waals surface area (Å²) in [4.78, 5) is 5.02. The molecule has 0 spiro atoms. The fourth-order valence-corrected chi connectivity index (χ4v) is 11.4. The Labute approximate surface area is 451 Å². The smallest absolute Gasteiger partial charge is 0.268 e. The van der Waals surface area contributed by atoms with Crippen LogP contribution in [0.25, 0.3) is 128 Å². The summed E-state index contributed by atoms with van der Waals surface area (Å²) in [6.07, 6.45) is 5.88. The minimum absolute atomic E-state index is 0. The van der Waals surface area contributed by atoms with Gasteiger partial charge in [-0.15, -0.1) is 70.3 Å². The maximum atomic E-state index is 5.02. The quantitative estimate of drug-likeness (QED) is 0.120. The maximum Gasteiger partial charge on any atom is 0.268 e. The molecule has 0 atom stereocenters. The van der Waals surface area contributed by atoms with Crippen LogP contribution in [0.15, 0.2) is 237 Å². The van der Waals surface area contributed by atoms with Gasteiger partial charge in [0.05, 0.1) is 16.7 Å². The number of imidazole rings is 1.